The molecule has 0 spiro atoms. The van der Waals surface area contributed by atoms with Crippen LogP contribution in [0.3, 0.4) is 0 Å². The highest BCUT2D eigenvalue weighted by atomic mass is 31.2. The molecule has 9 fully saturated rings. The van der Waals surface area contributed by atoms with Crippen LogP contribution in [-0.2, 0) is 46.9 Å². The molecule has 0 radical (unpaired) electrons. The van der Waals surface area contributed by atoms with Crippen LogP contribution < -0.4 is 0 Å². The quantitative estimate of drug-likeness (QED) is 0.109. The van der Waals surface area contributed by atoms with E-state index in [1.54, 1.807) is 39.0 Å². The fraction of sp³-hybridized carbons (Fsp3) is 0.714. The summed E-state index contributed by atoms with van der Waals surface area (Å²) in [6.07, 6.45) is 17.5. The predicted molar refractivity (Wildman–Crippen MR) is 289 cm³/mol. The summed E-state index contributed by atoms with van der Waals surface area (Å²) in [6, 6.07) is 0. The summed E-state index contributed by atoms with van der Waals surface area (Å²) in [5, 5.41) is 74.1. The molecule has 0 aromatic carbocycles. The number of carbonyl (C=O) groups is 6. The van der Waals surface area contributed by atoms with Crippen molar-refractivity contribution in [3.63, 3.8) is 0 Å². The number of hydrogen-bond acceptors (Lipinski definition) is 16. The summed E-state index contributed by atoms with van der Waals surface area (Å²) in [4.78, 5) is 81.5. The fourth-order valence-corrected chi connectivity index (χ4v) is 22.3. The summed E-state index contributed by atoms with van der Waals surface area (Å²) < 4.78 is 32.9. The molecular formula is C63H81O16P. The van der Waals surface area contributed by atoms with Gasteiger partial charge < -0.3 is 30.6 Å². The number of fused-ring (bicyclic) bond motifs is 15. The molecule has 0 saturated heterocycles. The Balaban J connectivity index is 0.792. The molecule has 12 aliphatic rings. The molecule has 0 bridgehead atoms. The average Bonchev–Trinajstić information content (AvgIpc) is 3.32. The SMILES string of the molecule is C[C@]12C=CC(=O)C=C1CCC1C2[C@@H](O)C[C@@]2(C)C1CC[C@]2(O)C(=O)COP(=O)(OCC(=O)[C@@]1(O)CCC2C3CCC4=CC(=O)C=C[C@]4(C)C3[C@@H](O)C[C@@]21C)OCC(=O)[C@@]1(O)CCC2C3CCC4=CC(=O)C=C[C@]4(C)C3[C@@H](O)C[C@@]21C. The predicted octanol–water partition coefficient (Wildman–Crippen LogP) is 6.88. The van der Waals surface area contributed by atoms with Crippen molar-refractivity contribution in [3.05, 3.63) is 71.4 Å². The largest absolute Gasteiger partial charge is 0.476 e. The van der Waals surface area contributed by atoms with Crippen LogP contribution in [0.25, 0.3) is 0 Å². The number of aliphatic hydroxyl groups is 6. The molecule has 0 aromatic heterocycles. The van der Waals surface area contributed by atoms with E-state index in [1.165, 1.54) is 18.2 Å². The van der Waals surface area contributed by atoms with Gasteiger partial charge in [0, 0.05) is 50.2 Å². The number of phosphoric acid groups is 1. The van der Waals surface area contributed by atoms with E-state index >= 15 is 4.57 Å². The second-order valence-electron chi connectivity index (χ2n) is 28.4. The molecular weight excluding hydrogens is 1040 g/mol. The van der Waals surface area contributed by atoms with Crippen molar-refractivity contribution in [3.8, 4) is 0 Å². The number of Topliss-reactive ketones (excluding diaryl/α,β-unsaturated/α-hetero) is 3. The normalized spacial score (nSPS) is 50.2. The third-order valence-corrected chi connectivity index (χ3v) is 26.7. The van der Waals surface area contributed by atoms with Crippen molar-refractivity contribution in [1.29, 1.82) is 0 Å². The first-order valence-electron chi connectivity index (χ1n) is 29.6. The van der Waals surface area contributed by atoms with Gasteiger partial charge in [0.15, 0.2) is 34.7 Å². The first-order chi connectivity index (χ1) is 37.5. The Morgan fingerprint density at radius 2 is 0.738 bits per heavy atom. The van der Waals surface area contributed by atoms with E-state index in [9.17, 15) is 59.4 Å². The molecule has 0 aliphatic heterocycles. The monoisotopic (exact) mass is 1120 g/mol. The zero-order valence-corrected chi connectivity index (χ0v) is 48.0. The molecule has 16 nitrogen and oxygen atoms in total. The second kappa shape index (κ2) is 18.7. The Kier molecular flexibility index (Phi) is 13.3. The van der Waals surface area contributed by atoms with Crippen molar-refractivity contribution >= 4 is 42.5 Å². The molecule has 17 heteroatoms. The number of carbonyl (C=O) groups excluding carboxylic acids is 6. The third-order valence-electron chi connectivity index (χ3n) is 25.4. The fourth-order valence-electron chi connectivity index (χ4n) is 21.2. The lowest BCUT2D eigenvalue weighted by atomic mass is 9.46. The summed E-state index contributed by atoms with van der Waals surface area (Å²) in [5.74, 6) is -4.77. The lowest BCUT2D eigenvalue weighted by Gasteiger charge is -2.59. The van der Waals surface area contributed by atoms with Gasteiger partial charge in [-0.3, -0.25) is 42.3 Å². The highest BCUT2D eigenvalue weighted by Gasteiger charge is 2.72. The number of ketones is 6. The molecule has 9 unspecified atom stereocenters. The van der Waals surface area contributed by atoms with Crippen molar-refractivity contribution in [2.45, 2.75) is 173 Å². The van der Waals surface area contributed by atoms with Crippen LogP contribution >= 0.6 is 7.82 Å². The van der Waals surface area contributed by atoms with Gasteiger partial charge in [-0.15, -0.1) is 0 Å². The molecule has 80 heavy (non-hydrogen) atoms. The van der Waals surface area contributed by atoms with Gasteiger partial charge in [0.25, 0.3) is 0 Å². The number of hydrogen-bond donors (Lipinski definition) is 6. The molecule has 434 valence electrons. The lowest BCUT2D eigenvalue weighted by molar-refractivity contribution is -0.179. The Bertz CT molecular complexity index is 2680. The van der Waals surface area contributed by atoms with Gasteiger partial charge in [0.05, 0.1) is 18.3 Å². The first kappa shape index (κ1) is 56.8. The Morgan fingerprint density at radius 3 is 1.00 bits per heavy atom. The summed E-state index contributed by atoms with van der Waals surface area (Å²) in [7, 11) is -5.23. The van der Waals surface area contributed by atoms with E-state index in [1.807, 2.05) is 39.0 Å². The first-order valence-corrected chi connectivity index (χ1v) is 31.1. The van der Waals surface area contributed by atoms with E-state index in [0.29, 0.717) is 57.8 Å². The molecule has 12 aliphatic carbocycles. The number of allylic oxidation sites excluding steroid dienone is 12. The molecule has 9 saturated carbocycles. The van der Waals surface area contributed by atoms with Crippen LogP contribution in [0.1, 0.15) is 138 Å². The Labute approximate surface area is 468 Å². The smallest absolute Gasteiger partial charge is 0.393 e. The number of aliphatic hydroxyl groups excluding tert-OH is 3. The van der Waals surface area contributed by atoms with Crippen molar-refractivity contribution in [1.82, 2.24) is 0 Å². The van der Waals surface area contributed by atoms with E-state index in [0.717, 1.165) is 16.7 Å². The second-order valence-corrected chi connectivity index (χ2v) is 30.0. The van der Waals surface area contributed by atoms with E-state index in [-0.39, 0.29) is 109 Å². The lowest BCUT2D eigenvalue weighted by Crippen LogP contribution is -2.62. The van der Waals surface area contributed by atoms with E-state index < -0.39 is 113 Å². The van der Waals surface area contributed by atoms with E-state index in [2.05, 4.69) is 0 Å². The van der Waals surface area contributed by atoms with Gasteiger partial charge in [-0.2, -0.15) is 0 Å². The minimum absolute atomic E-state index is 0.000314. The van der Waals surface area contributed by atoms with Gasteiger partial charge in [-0.25, -0.2) is 4.57 Å². The minimum Gasteiger partial charge on any atom is -0.393 e. The van der Waals surface area contributed by atoms with Gasteiger partial charge in [-0.1, -0.05) is 76.5 Å². The van der Waals surface area contributed by atoms with Gasteiger partial charge in [-0.05, 0) is 168 Å². The van der Waals surface area contributed by atoms with Crippen LogP contribution in [0.2, 0.25) is 0 Å². The van der Waals surface area contributed by atoms with E-state index in [4.69, 9.17) is 13.6 Å². The highest BCUT2D eigenvalue weighted by molar-refractivity contribution is 7.48. The minimum atomic E-state index is -5.23. The molecule has 0 heterocycles. The van der Waals surface area contributed by atoms with Crippen LogP contribution in [-0.4, -0.2) is 120 Å². The standard InChI is InChI=1S/C63H81O16P/c1-55-19-13-37(64)25-34(55)7-10-40-43-16-22-61(73,58(43,4)28-46(67)52(40)55)49(70)31-77-80(76,78-32-50(71)62(74)23-17-44-41-11-8-35-26-38(65)14-20-56(35,2)53(41)47(68)29-59(44,62)5)79-33-51(72)63(75)24-18-45-42-12-9-36-27-39(66)15-21-57(36,3)54(42)48(69)30-60(45,63)6/h13-15,19-21,25-27,40-48,52-54,67-69,73-75H,7-12,16-18,22-24,28-33H2,1-6H3/t40?,41?,42?,43?,44?,45?,46-,47-,48-,52?,53?,54?,55-,56-,57-,58-,59-,60-,61-,62-,63-,80?/m0/s1. The third kappa shape index (κ3) is 7.73. The number of rotatable bonds is 12. The van der Waals surface area contributed by atoms with Crippen LogP contribution in [0, 0.1) is 85.8 Å². The molecule has 12 rings (SSSR count). The van der Waals surface area contributed by atoms with Gasteiger partial charge in [0.2, 0.25) is 0 Å². The Hall–Kier alpha value is -3.67. The van der Waals surface area contributed by atoms with Crippen molar-refractivity contribution < 1.29 is 77.5 Å². The summed E-state index contributed by atoms with van der Waals surface area (Å²) >= 11 is 0. The van der Waals surface area contributed by atoms with Crippen LogP contribution in [0.4, 0.5) is 0 Å². The molecule has 0 aromatic rings. The molecule has 6 N–H and O–H groups in total. The molecule has 21 atom stereocenters. The van der Waals surface area contributed by atoms with Crippen molar-refractivity contribution in [2.24, 2.45) is 85.8 Å². The zero-order valence-electron chi connectivity index (χ0n) is 47.1. The van der Waals surface area contributed by atoms with Crippen molar-refractivity contribution in [2.75, 3.05) is 19.8 Å². The summed E-state index contributed by atoms with van der Waals surface area (Å²) in [5.41, 5.74) is -8.70. The van der Waals surface area contributed by atoms with Gasteiger partial charge in [0.1, 0.15) is 36.6 Å². The number of phosphoric ester groups is 1. The average molecular weight is 1130 g/mol. The van der Waals surface area contributed by atoms with Crippen LogP contribution in [0.5, 0.6) is 0 Å². The van der Waals surface area contributed by atoms with Gasteiger partial charge >= 0.3 is 7.82 Å². The topological polar surface area (TPSA) is 269 Å². The maximum atomic E-state index is 15.3. The maximum Gasteiger partial charge on any atom is 0.476 e. The zero-order chi connectivity index (χ0) is 57.3. The maximum absolute atomic E-state index is 15.3. The molecule has 0 amide bonds. The Morgan fingerprint density at radius 1 is 0.475 bits per heavy atom. The summed E-state index contributed by atoms with van der Waals surface area (Å²) in [6.45, 7) is 8.27. The van der Waals surface area contributed by atoms with Crippen LogP contribution in [0.15, 0.2) is 71.4 Å². The highest BCUT2D eigenvalue weighted by Crippen LogP contribution is 2.71.